The minimum Gasteiger partial charge on any atom is -0.478 e. The number of carbonyl (C=O) groups is 1. The third kappa shape index (κ3) is 2.31. The normalized spacial score (nSPS) is 10.3. The van der Waals surface area contributed by atoms with Crippen molar-refractivity contribution in [3.05, 3.63) is 17.5 Å². The van der Waals surface area contributed by atoms with Gasteiger partial charge in [0, 0.05) is 13.2 Å². The van der Waals surface area contributed by atoms with Crippen LogP contribution in [0.15, 0.2) is 6.20 Å². The summed E-state index contributed by atoms with van der Waals surface area (Å²) in [7, 11) is 1.74. The van der Waals surface area contributed by atoms with Gasteiger partial charge in [0.1, 0.15) is 5.56 Å². The van der Waals surface area contributed by atoms with Gasteiger partial charge in [-0.3, -0.25) is 4.68 Å². The Labute approximate surface area is 77.2 Å². The third-order valence-electron chi connectivity index (χ3n) is 1.90. The standard InChI is InChI=1S/C9H14N2O2/c1-3-4-5-8-7(9(12)13)6-11(2)10-8/h6H,3-5H2,1-2H3,(H,12,13). The molecule has 0 atom stereocenters. The first-order valence-electron chi connectivity index (χ1n) is 4.41. The SMILES string of the molecule is CCCCc1nn(C)cc1C(=O)O. The van der Waals surface area contributed by atoms with E-state index in [1.807, 2.05) is 0 Å². The quantitative estimate of drug-likeness (QED) is 0.767. The lowest BCUT2D eigenvalue weighted by molar-refractivity contribution is 0.0695. The average molecular weight is 182 g/mol. The average Bonchev–Trinajstić information content (AvgIpc) is 2.43. The van der Waals surface area contributed by atoms with Crippen molar-refractivity contribution in [3.8, 4) is 0 Å². The molecule has 4 heteroatoms. The van der Waals surface area contributed by atoms with Crippen molar-refractivity contribution in [3.63, 3.8) is 0 Å². The molecule has 0 unspecified atom stereocenters. The molecule has 4 nitrogen and oxygen atoms in total. The Hall–Kier alpha value is -1.32. The summed E-state index contributed by atoms with van der Waals surface area (Å²) in [6, 6.07) is 0. The highest BCUT2D eigenvalue weighted by atomic mass is 16.4. The monoisotopic (exact) mass is 182 g/mol. The fourth-order valence-electron chi connectivity index (χ4n) is 1.24. The summed E-state index contributed by atoms with van der Waals surface area (Å²) in [6.07, 6.45) is 4.33. The smallest absolute Gasteiger partial charge is 0.339 e. The molecule has 0 spiro atoms. The molecule has 1 aromatic rings. The van der Waals surface area contributed by atoms with Gasteiger partial charge in [-0.2, -0.15) is 5.10 Å². The predicted octanol–water partition coefficient (Wildman–Crippen LogP) is 1.46. The molecule has 0 radical (unpaired) electrons. The predicted molar refractivity (Wildman–Crippen MR) is 48.8 cm³/mol. The number of carboxylic acids is 1. The summed E-state index contributed by atoms with van der Waals surface area (Å²) < 4.78 is 1.55. The van der Waals surface area contributed by atoms with Gasteiger partial charge in [0.25, 0.3) is 0 Å². The van der Waals surface area contributed by atoms with Crippen LogP contribution in [0, 0.1) is 0 Å². The topological polar surface area (TPSA) is 55.1 Å². The Morgan fingerprint density at radius 1 is 1.69 bits per heavy atom. The number of hydrogen-bond donors (Lipinski definition) is 1. The molecule has 72 valence electrons. The van der Waals surface area contributed by atoms with Crippen LogP contribution in [0.3, 0.4) is 0 Å². The number of aryl methyl sites for hydroxylation is 2. The highest BCUT2D eigenvalue weighted by molar-refractivity contribution is 5.88. The number of carboxylic acid groups (broad SMARTS) is 1. The van der Waals surface area contributed by atoms with Crippen molar-refractivity contribution in [2.75, 3.05) is 0 Å². The van der Waals surface area contributed by atoms with Crippen LogP contribution in [0.2, 0.25) is 0 Å². The lowest BCUT2D eigenvalue weighted by Gasteiger charge is -1.95. The fraction of sp³-hybridized carbons (Fsp3) is 0.556. The second kappa shape index (κ2) is 4.07. The van der Waals surface area contributed by atoms with Crippen LogP contribution >= 0.6 is 0 Å². The first kappa shape index (κ1) is 9.77. The number of nitrogens with zero attached hydrogens (tertiary/aromatic N) is 2. The van der Waals surface area contributed by atoms with E-state index in [2.05, 4.69) is 12.0 Å². The van der Waals surface area contributed by atoms with E-state index in [9.17, 15) is 4.79 Å². The Balaban J connectivity index is 2.84. The van der Waals surface area contributed by atoms with Crippen LogP contribution in [0.5, 0.6) is 0 Å². The molecule has 0 aromatic carbocycles. The zero-order valence-electron chi connectivity index (χ0n) is 7.95. The highest BCUT2D eigenvalue weighted by Crippen LogP contribution is 2.09. The Morgan fingerprint density at radius 2 is 2.38 bits per heavy atom. The summed E-state index contributed by atoms with van der Waals surface area (Å²) in [5, 5.41) is 12.9. The van der Waals surface area contributed by atoms with E-state index < -0.39 is 5.97 Å². The maximum atomic E-state index is 10.7. The zero-order chi connectivity index (χ0) is 9.84. The third-order valence-corrected chi connectivity index (χ3v) is 1.90. The first-order valence-corrected chi connectivity index (χ1v) is 4.41. The summed E-state index contributed by atoms with van der Waals surface area (Å²) >= 11 is 0. The summed E-state index contributed by atoms with van der Waals surface area (Å²) in [5.74, 6) is -0.890. The van der Waals surface area contributed by atoms with Crippen LogP contribution in [-0.2, 0) is 13.5 Å². The Morgan fingerprint density at radius 3 is 2.92 bits per heavy atom. The highest BCUT2D eigenvalue weighted by Gasteiger charge is 2.13. The maximum Gasteiger partial charge on any atom is 0.339 e. The number of aromatic nitrogens is 2. The Kier molecular flexibility index (Phi) is 3.06. The van der Waals surface area contributed by atoms with Crippen LogP contribution in [0.25, 0.3) is 0 Å². The summed E-state index contributed by atoms with van der Waals surface area (Å²) in [4.78, 5) is 10.7. The lowest BCUT2D eigenvalue weighted by atomic mass is 10.1. The van der Waals surface area contributed by atoms with Crippen molar-refractivity contribution in [2.24, 2.45) is 7.05 Å². The molecule has 0 aliphatic rings. The van der Waals surface area contributed by atoms with Gasteiger partial charge < -0.3 is 5.11 Å². The molecule has 0 aliphatic carbocycles. The minimum atomic E-state index is -0.890. The molecular weight excluding hydrogens is 168 g/mol. The molecule has 1 heterocycles. The van der Waals surface area contributed by atoms with E-state index in [-0.39, 0.29) is 0 Å². The first-order chi connectivity index (χ1) is 6.15. The number of hydrogen-bond acceptors (Lipinski definition) is 2. The molecule has 0 amide bonds. The molecule has 13 heavy (non-hydrogen) atoms. The van der Waals surface area contributed by atoms with Gasteiger partial charge >= 0.3 is 5.97 Å². The molecule has 0 aliphatic heterocycles. The van der Waals surface area contributed by atoms with Crippen molar-refractivity contribution in [2.45, 2.75) is 26.2 Å². The van der Waals surface area contributed by atoms with Crippen LogP contribution < -0.4 is 0 Å². The van der Waals surface area contributed by atoms with Gasteiger partial charge in [0.2, 0.25) is 0 Å². The molecule has 0 fully saturated rings. The van der Waals surface area contributed by atoms with Gasteiger partial charge in [0.15, 0.2) is 0 Å². The van der Waals surface area contributed by atoms with E-state index >= 15 is 0 Å². The molecule has 1 aromatic heterocycles. The number of unbranched alkanes of at least 4 members (excludes halogenated alkanes) is 1. The summed E-state index contributed by atoms with van der Waals surface area (Å²) in [6.45, 7) is 2.07. The van der Waals surface area contributed by atoms with E-state index in [1.54, 1.807) is 17.9 Å². The summed E-state index contributed by atoms with van der Waals surface area (Å²) in [5.41, 5.74) is 1.02. The van der Waals surface area contributed by atoms with E-state index in [1.165, 1.54) is 0 Å². The largest absolute Gasteiger partial charge is 0.478 e. The molecule has 0 bridgehead atoms. The number of aromatic carboxylic acids is 1. The van der Waals surface area contributed by atoms with Gasteiger partial charge in [-0.25, -0.2) is 4.79 Å². The second-order valence-electron chi connectivity index (χ2n) is 3.07. The van der Waals surface area contributed by atoms with E-state index in [0.717, 1.165) is 19.3 Å². The Bertz CT molecular complexity index is 305. The lowest BCUT2D eigenvalue weighted by Crippen LogP contribution is -1.99. The molecule has 0 saturated carbocycles. The molecule has 1 N–H and O–H groups in total. The van der Waals surface area contributed by atoms with Crippen LogP contribution in [-0.4, -0.2) is 20.9 Å². The minimum absolute atomic E-state index is 0.330. The molecular formula is C9H14N2O2. The second-order valence-corrected chi connectivity index (χ2v) is 3.07. The van der Waals surface area contributed by atoms with Crippen molar-refractivity contribution < 1.29 is 9.90 Å². The van der Waals surface area contributed by atoms with Crippen molar-refractivity contribution >= 4 is 5.97 Å². The van der Waals surface area contributed by atoms with Crippen LogP contribution in [0.1, 0.15) is 35.8 Å². The van der Waals surface area contributed by atoms with Crippen LogP contribution in [0.4, 0.5) is 0 Å². The molecule has 0 saturated heterocycles. The van der Waals surface area contributed by atoms with Gasteiger partial charge in [-0.1, -0.05) is 13.3 Å². The van der Waals surface area contributed by atoms with Gasteiger partial charge in [0.05, 0.1) is 5.69 Å². The van der Waals surface area contributed by atoms with E-state index in [4.69, 9.17) is 5.11 Å². The zero-order valence-corrected chi connectivity index (χ0v) is 7.95. The van der Waals surface area contributed by atoms with Crippen molar-refractivity contribution in [1.82, 2.24) is 9.78 Å². The van der Waals surface area contributed by atoms with Crippen molar-refractivity contribution in [1.29, 1.82) is 0 Å². The maximum absolute atomic E-state index is 10.7. The van der Waals surface area contributed by atoms with Gasteiger partial charge in [-0.05, 0) is 12.8 Å². The van der Waals surface area contributed by atoms with Gasteiger partial charge in [-0.15, -0.1) is 0 Å². The number of rotatable bonds is 4. The fourth-order valence-corrected chi connectivity index (χ4v) is 1.24. The molecule has 1 rings (SSSR count). The van der Waals surface area contributed by atoms with E-state index in [0.29, 0.717) is 11.3 Å².